The van der Waals surface area contributed by atoms with Gasteiger partial charge in [0.15, 0.2) is 0 Å². The fraction of sp³-hybridized carbons (Fsp3) is 0.471. The van der Waals surface area contributed by atoms with Crippen molar-refractivity contribution in [1.29, 1.82) is 0 Å². The van der Waals surface area contributed by atoms with E-state index in [4.69, 9.17) is 9.15 Å². The van der Waals surface area contributed by atoms with Crippen LogP contribution < -0.4 is 0 Å². The lowest BCUT2D eigenvalue weighted by Crippen LogP contribution is -2.35. The number of aromatic carboxylic acids is 1. The van der Waals surface area contributed by atoms with Crippen LogP contribution in [0.15, 0.2) is 10.5 Å². The third kappa shape index (κ3) is 2.51. The Labute approximate surface area is 129 Å². The molecule has 0 aliphatic carbocycles. The van der Waals surface area contributed by atoms with Gasteiger partial charge < -0.3 is 14.3 Å². The summed E-state index contributed by atoms with van der Waals surface area (Å²) in [5, 5.41) is 10.1. The van der Waals surface area contributed by atoms with Gasteiger partial charge in [0.2, 0.25) is 5.76 Å². The standard InChI is InChI=1S/C17H21NO4/c1-10-11(2)15-14(12(3)16(22-15)17(19)20)8-13(10)9-18-4-6-21-7-5-18/h8H,4-7,9H2,1-3H3,(H,19,20). The maximum Gasteiger partial charge on any atom is 0.372 e. The van der Waals surface area contributed by atoms with E-state index in [2.05, 4.69) is 17.9 Å². The minimum Gasteiger partial charge on any atom is -0.475 e. The van der Waals surface area contributed by atoms with E-state index in [1.54, 1.807) is 0 Å². The molecule has 22 heavy (non-hydrogen) atoms. The van der Waals surface area contributed by atoms with Crippen molar-refractivity contribution in [2.75, 3.05) is 26.3 Å². The Kier molecular flexibility index (Phi) is 3.93. The van der Waals surface area contributed by atoms with Crippen LogP contribution in [0.5, 0.6) is 0 Å². The van der Waals surface area contributed by atoms with Crippen LogP contribution in [0.3, 0.4) is 0 Å². The van der Waals surface area contributed by atoms with Crippen molar-refractivity contribution >= 4 is 16.9 Å². The van der Waals surface area contributed by atoms with Crippen molar-refractivity contribution in [1.82, 2.24) is 4.90 Å². The summed E-state index contributed by atoms with van der Waals surface area (Å²) in [6, 6.07) is 2.08. The van der Waals surface area contributed by atoms with Gasteiger partial charge in [-0.25, -0.2) is 4.79 Å². The van der Waals surface area contributed by atoms with Gasteiger partial charge in [0, 0.05) is 30.6 Å². The highest BCUT2D eigenvalue weighted by atomic mass is 16.5. The second-order valence-electron chi connectivity index (χ2n) is 5.91. The van der Waals surface area contributed by atoms with Gasteiger partial charge in [-0.15, -0.1) is 0 Å². The molecule has 0 atom stereocenters. The summed E-state index contributed by atoms with van der Waals surface area (Å²) >= 11 is 0. The number of carboxylic acids is 1. The summed E-state index contributed by atoms with van der Waals surface area (Å²) in [5.74, 6) is -0.971. The highest BCUT2D eigenvalue weighted by Gasteiger charge is 2.21. The normalized spacial score (nSPS) is 16.3. The topological polar surface area (TPSA) is 62.9 Å². The molecule has 118 valence electrons. The van der Waals surface area contributed by atoms with Crippen LogP contribution in [0.1, 0.15) is 32.8 Å². The number of hydrogen-bond acceptors (Lipinski definition) is 4. The average molecular weight is 303 g/mol. The highest BCUT2D eigenvalue weighted by Crippen LogP contribution is 2.32. The Morgan fingerprint density at radius 3 is 2.50 bits per heavy atom. The minimum atomic E-state index is -1.01. The lowest BCUT2D eigenvalue weighted by Gasteiger charge is -2.27. The zero-order valence-electron chi connectivity index (χ0n) is 13.2. The number of rotatable bonds is 3. The number of furan rings is 1. The molecule has 1 saturated heterocycles. The zero-order chi connectivity index (χ0) is 15.9. The fourth-order valence-corrected chi connectivity index (χ4v) is 3.04. The van der Waals surface area contributed by atoms with Gasteiger partial charge in [-0.05, 0) is 43.5 Å². The summed E-state index contributed by atoms with van der Waals surface area (Å²) in [6.45, 7) is 10.1. The van der Waals surface area contributed by atoms with Crippen molar-refractivity contribution in [3.05, 3.63) is 34.1 Å². The molecule has 1 aliphatic rings. The number of morpholine rings is 1. The van der Waals surface area contributed by atoms with Gasteiger partial charge in [-0.2, -0.15) is 0 Å². The van der Waals surface area contributed by atoms with Crippen LogP contribution in [0.2, 0.25) is 0 Å². The molecule has 0 unspecified atom stereocenters. The molecule has 2 heterocycles. The first-order chi connectivity index (χ1) is 10.5. The number of aryl methyl sites for hydroxylation is 2. The highest BCUT2D eigenvalue weighted by molar-refractivity contribution is 5.96. The fourth-order valence-electron chi connectivity index (χ4n) is 3.04. The first-order valence-corrected chi connectivity index (χ1v) is 7.54. The van der Waals surface area contributed by atoms with Gasteiger partial charge >= 0.3 is 5.97 Å². The van der Waals surface area contributed by atoms with Gasteiger partial charge in [0.25, 0.3) is 0 Å². The molecule has 3 rings (SSSR count). The molecule has 5 heteroatoms. The molecular formula is C17H21NO4. The quantitative estimate of drug-likeness (QED) is 0.944. The van der Waals surface area contributed by atoms with Crippen molar-refractivity contribution in [2.45, 2.75) is 27.3 Å². The molecule has 1 N–H and O–H groups in total. The van der Waals surface area contributed by atoms with E-state index in [1.807, 2.05) is 13.8 Å². The molecule has 1 aliphatic heterocycles. The molecule has 1 aromatic carbocycles. The molecule has 1 fully saturated rings. The summed E-state index contributed by atoms with van der Waals surface area (Å²) in [4.78, 5) is 13.6. The predicted octanol–water partition coefficient (Wildman–Crippen LogP) is 2.89. The number of nitrogens with zero attached hydrogens (tertiary/aromatic N) is 1. The first-order valence-electron chi connectivity index (χ1n) is 7.54. The summed E-state index contributed by atoms with van der Waals surface area (Å²) < 4.78 is 11.0. The molecule has 5 nitrogen and oxygen atoms in total. The van der Waals surface area contributed by atoms with E-state index in [1.165, 1.54) is 11.1 Å². The lowest BCUT2D eigenvalue weighted by molar-refractivity contribution is 0.0341. The number of benzene rings is 1. The molecule has 0 radical (unpaired) electrons. The van der Waals surface area contributed by atoms with E-state index >= 15 is 0 Å². The number of ether oxygens (including phenoxy) is 1. The van der Waals surface area contributed by atoms with E-state index in [0.717, 1.165) is 43.8 Å². The third-order valence-corrected chi connectivity index (χ3v) is 4.59. The van der Waals surface area contributed by atoms with Crippen LogP contribution in [0.4, 0.5) is 0 Å². The molecule has 1 aromatic heterocycles. The van der Waals surface area contributed by atoms with Crippen molar-refractivity contribution in [2.24, 2.45) is 0 Å². The van der Waals surface area contributed by atoms with Crippen LogP contribution in [0, 0.1) is 20.8 Å². The van der Waals surface area contributed by atoms with Crippen LogP contribution >= 0.6 is 0 Å². The minimum absolute atomic E-state index is 0.0426. The first kappa shape index (κ1) is 15.1. The van der Waals surface area contributed by atoms with Crippen LogP contribution in [-0.2, 0) is 11.3 Å². The number of hydrogen-bond donors (Lipinski definition) is 1. The van der Waals surface area contributed by atoms with Crippen molar-refractivity contribution in [3.63, 3.8) is 0 Å². The Morgan fingerprint density at radius 2 is 1.86 bits per heavy atom. The second kappa shape index (κ2) is 5.74. The van der Waals surface area contributed by atoms with E-state index in [0.29, 0.717) is 11.1 Å². The van der Waals surface area contributed by atoms with Crippen LogP contribution in [0.25, 0.3) is 11.0 Å². The van der Waals surface area contributed by atoms with Gasteiger partial charge in [0.1, 0.15) is 5.58 Å². The Hall–Kier alpha value is -1.85. The number of carboxylic acid groups (broad SMARTS) is 1. The largest absolute Gasteiger partial charge is 0.475 e. The molecule has 0 amide bonds. The smallest absolute Gasteiger partial charge is 0.372 e. The molecule has 2 aromatic rings. The van der Waals surface area contributed by atoms with Gasteiger partial charge in [0.05, 0.1) is 13.2 Å². The molecular weight excluding hydrogens is 282 g/mol. The van der Waals surface area contributed by atoms with E-state index < -0.39 is 5.97 Å². The number of fused-ring (bicyclic) bond motifs is 1. The maximum absolute atomic E-state index is 11.3. The van der Waals surface area contributed by atoms with E-state index in [-0.39, 0.29) is 5.76 Å². The third-order valence-electron chi connectivity index (χ3n) is 4.59. The SMILES string of the molecule is Cc1c(CN2CCOCC2)cc2c(C)c(C(=O)O)oc2c1C. The summed E-state index contributed by atoms with van der Waals surface area (Å²) in [6.07, 6.45) is 0. The number of carbonyl (C=O) groups is 1. The zero-order valence-corrected chi connectivity index (χ0v) is 13.2. The van der Waals surface area contributed by atoms with Crippen LogP contribution in [-0.4, -0.2) is 42.3 Å². The molecule has 0 saturated carbocycles. The Morgan fingerprint density at radius 1 is 1.18 bits per heavy atom. The average Bonchev–Trinajstić information content (AvgIpc) is 2.83. The summed E-state index contributed by atoms with van der Waals surface area (Å²) in [5.41, 5.74) is 4.82. The second-order valence-corrected chi connectivity index (χ2v) is 5.91. The Balaban J connectivity index is 2.05. The summed E-state index contributed by atoms with van der Waals surface area (Å²) in [7, 11) is 0. The molecule has 0 bridgehead atoms. The Bertz CT molecular complexity index is 726. The lowest BCUT2D eigenvalue weighted by atomic mass is 9.98. The van der Waals surface area contributed by atoms with Gasteiger partial charge in [-0.1, -0.05) is 0 Å². The van der Waals surface area contributed by atoms with Gasteiger partial charge in [-0.3, -0.25) is 4.90 Å². The van der Waals surface area contributed by atoms with Crippen molar-refractivity contribution < 1.29 is 19.1 Å². The predicted molar refractivity (Wildman–Crippen MR) is 83.5 cm³/mol. The van der Waals surface area contributed by atoms with E-state index in [9.17, 15) is 9.90 Å². The maximum atomic E-state index is 11.3. The van der Waals surface area contributed by atoms with Crippen molar-refractivity contribution in [3.8, 4) is 0 Å². The monoisotopic (exact) mass is 303 g/mol. The molecule has 0 spiro atoms.